The van der Waals surface area contributed by atoms with Gasteiger partial charge < -0.3 is 14.9 Å². The third-order valence-corrected chi connectivity index (χ3v) is 4.99. The van der Waals surface area contributed by atoms with Gasteiger partial charge in [-0.2, -0.15) is 0 Å². The van der Waals surface area contributed by atoms with Gasteiger partial charge in [0.1, 0.15) is 11.4 Å². The van der Waals surface area contributed by atoms with E-state index < -0.39 is 5.97 Å². The summed E-state index contributed by atoms with van der Waals surface area (Å²) < 4.78 is 0. The normalized spacial score (nSPS) is 18.3. The number of amides is 2. The fourth-order valence-electron chi connectivity index (χ4n) is 2.89. The second-order valence-electron chi connectivity index (χ2n) is 5.68. The number of hydrogen-bond donors (Lipinski definition) is 1. The van der Waals surface area contributed by atoms with Crippen LogP contribution in [0.25, 0.3) is 0 Å². The van der Waals surface area contributed by atoms with Crippen molar-refractivity contribution in [3.63, 3.8) is 0 Å². The van der Waals surface area contributed by atoms with Crippen LogP contribution in [-0.2, 0) is 9.59 Å². The highest BCUT2D eigenvalue weighted by Gasteiger charge is 2.28. The molecule has 0 aromatic carbocycles. The molecule has 1 fully saturated rings. The van der Waals surface area contributed by atoms with E-state index in [9.17, 15) is 14.4 Å². The van der Waals surface area contributed by atoms with Crippen molar-refractivity contribution in [3.8, 4) is 0 Å². The Labute approximate surface area is 138 Å². The van der Waals surface area contributed by atoms with Crippen molar-refractivity contribution >= 4 is 29.1 Å². The smallest absolute Gasteiger partial charge is 0.323 e. The summed E-state index contributed by atoms with van der Waals surface area (Å²) >= 11 is 1.33. The van der Waals surface area contributed by atoms with E-state index >= 15 is 0 Å². The van der Waals surface area contributed by atoms with E-state index in [1.54, 1.807) is 10.4 Å². The lowest BCUT2D eigenvalue weighted by Gasteiger charge is -2.28. The minimum Gasteiger partial charge on any atom is -0.480 e. The third-order valence-electron chi connectivity index (χ3n) is 4.08. The number of nitrogens with zero attached hydrogens (tertiary/aromatic N) is 3. The fraction of sp³-hybridized carbons (Fsp3) is 0.600. The van der Waals surface area contributed by atoms with E-state index in [0.717, 1.165) is 12.1 Å². The van der Waals surface area contributed by atoms with Crippen LogP contribution in [0.1, 0.15) is 41.6 Å². The Bertz CT molecular complexity index is 601. The number of carbonyl (C=O) groups is 3. The molecule has 126 valence electrons. The number of carboxylic acid groups (broad SMARTS) is 1. The number of aryl methyl sites for hydroxylation is 1. The lowest BCUT2D eigenvalue weighted by molar-refractivity contribution is -0.145. The van der Waals surface area contributed by atoms with E-state index in [1.165, 1.54) is 23.2 Å². The summed E-state index contributed by atoms with van der Waals surface area (Å²) in [7, 11) is 0. The number of rotatable bonds is 4. The monoisotopic (exact) mass is 339 g/mol. The molecule has 1 aromatic heterocycles. The van der Waals surface area contributed by atoms with Gasteiger partial charge in [-0.05, 0) is 26.2 Å². The molecule has 1 unspecified atom stereocenters. The molecule has 2 rings (SSSR count). The summed E-state index contributed by atoms with van der Waals surface area (Å²) in [5, 5.41) is 8.97. The van der Waals surface area contributed by atoms with Crippen molar-refractivity contribution in [1.82, 2.24) is 14.8 Å². The highest BCUT2D eigenvalue weighted by atomic mass is 32.1. The summed E-state index contributed by atoms with van der Waals surface area (Å²) in [4.78, 5) is 43.1. The molecule has 7 nitrogen and oxygen atoms in total. The zero-order valence-corrected chi connectivity index (χ0v) is 14.1. The molecule has 1 saturated heterocycles. The first-order chi connectivity index (χ1) is 10.9. The average Bonchev–Trinajstić information content (AvgIpc) is 2.77. The molecule has 0 saturated carbocycles. The van der Waals surface area contributed by atoms with E-state index in [4.69, 9.17) is 5.11 Å². The minimum atomic E-state index is -1.02. The molecule has 2 amide bonds. The lowest BCUT2D eigenvalue weighted by Crippen LogP contribution is -2.43. The van der Waals surface area contributed by atoms with E-state index in [0.29, 0.717) is 30.8 Å². The molecule has 1 aliphatic rings. The second kappa shape index (κ2) is 7.54. The number of hydrogen-bond acceptors (Lipinski definition) is 5. The minimum absolute atomic E-state index is 0.0294. The molecule has 1 aromatic rings. The maximum absolute atomic E-state index is 12.5. The zero-order valence-electron chi connectivity index (χ0n) is 13.3. The number of likely N-dealkylation sites (tertiary alicyclic amines) is 1. The number of aromatic nitrogens is 1. The predicted molar refractivity (Wildman–Crippen MR) is 85.4 cm³/mol. The van der Waals surface area contributed by atoms with Crippen molar-refractivity contribution in [2.24, 2.45) is 0 Å². The van der Waals surface area contributed by atoms with Gasteiger partial charge in [-0.1, -0.05) is 0 Å². The first-order valence-electron chi connectivity index (χ1n) is 7.58. The van der Waals surface area contributed by atoms with Crippen LogP contribution >= 0.6 is 11.3 Å². The molecular formula is C15H21N3O4S. The fourth-order valence-corrected chi connectivity index (χ4v) is 3.66. The Morgan fingerprint density at radius 2 is 2.13 bits per heavy atom. The van der Waals surface area contributed by atoms with E-state index in [-0.39, 0.29) is 24.4 Å². The maximum Gasteiger partial charge on any atom is 0.323 e. The van der Waals surface area contributed by atoms with Crippen molar-refractivity contribution in [2.75, 3.05) is 19.6 Å². The summed E-state index contributed by atoms with van der Waals surface area (Å²) in [6.45, 7) is 4.05. The molecule has 0 spiro atoms. The Hall–Kier alpha value is -1.96. The molecule has 0 bridgehead atoms. The second-order valence-corrected chi connectivity index (χ2v) is 6.54. The number of carboxylic acids is 1. The molecule has 8 heteroatoms. The Morgan fingerprint density at radius 1 is 1.39 bits per heavy atom. The highest BCUT2D eigenvalue weighted by molar-refractivity contribution is 7.11. The van der Waals surface area contributed by atoms with Gasteiger partial charge in [-0.15, -0.1) is 11.3 Å². The van der Waals surface area contributed by atoms with Gasteiger partial charge in [0.15, 0.2) is 0 Å². The Morgan fingerprint density at radius 3 is 2.70 bits per heavy atom. The lowest BCUT2D eigenvalue weighted by atomic mass is 10.1. The van der Waals surface area contributed by atoms with Gasteiger partial charge >= 0.3 is 5.97 Å². The quantitative estimate of drug-likeness (QED) is 0.895. The van der Waals surface area contributed by atoms with E-state index in [1.807, 2.05) is 6.92 Å². The van der Waals surface area contributed by atoms with Crippen LogP contribution in [0.3, 0.4) is 0 Å². The van der Waals surface area contributed by atoms with Crippen molar-refractivity contribution in [2.45, 2.75) is 39.2 Å². The number of thiazole rings is 1. The first-order valence-corrected chi connectivity index (χ1v) is 8.46. The van der Waals surface area contributed by atoms with Gasteiger partial charge in [0, 0.05) is 26.1 Å². The van der Waals surface area contributed by atoms with Crippen LogP contribution in [0.2, 0.25) is 0 Å². The molecule has 1 N–H and O–H groups in total. The highest BCUT2D eigenvalue weighted by Crippen LogP contribution is 2.21. The molecule has 23 heavy (non-hydrogen) atoms. The summed E-state index contributed by atoms with van der Waals surface area (Å²) in [6, 6.07) is -0.135. The summed E-state index contributed by atoms with van der Waals surface area (Å²) in [5.74, 6) is -1.29. The predicted octanol–water partition coefficient (Wildman–Crippen LogP) is 1.38. The zero-order chi connectivity index (χ0) is 17.0. The standard InChI is InChI=1S/C15H21N3O4S/c1-10-14(23-9-16-10)15(22)17-6-3-4-12(5-7-17)18(11(2)19)8-13(20)21/h9,12H,3-8H2,1-2H3,(H,20,21). The summed E-state index contributed by atoms with van der Waals surface area (Å²) in [6.07, 6.45) is 2.05. The van der Waals surface area contributed by atoms with Crippen LogP contribution in [0.4, 0.5) is 0 Å². The average molecular weight is 339 g/mol. The molecule has 2 heterocycles. The third kappa shape index (κ3) is 4.28. The topological polar surface area (TPSA) is 90.8 Å². The Balaban J connectivity index is 2.04. The molecule has 0 radical (unpaired) electrons. The van der Waals surface area contributed by atoms with Gasteiger partial charge in [-0.25, -0.2) is 4.98 Å². The van der Waals surface area contributed by atoms with Gasteiger partial charge in [0.2, 0.25) is 5.91 Å². The Kier molecular flexibility index (Phi) is 5.70. The molecule has 0 aliphatic carbocycles. The number of carbonyl (C=O) groups excluding carboxylic acids is 2. The molecule has 1 atom stereocenters. The molecular weight excluding hydrogens is 318 g/mol. The maximum atomic E-state index is 12.5. The van der Waals surface area contributed by atoms with Crippen molar-refractivity contribution < 1.29 is 19.5 Å². The first kappa shape index (κ1) is 17.4. The SMILES string of the molecule is CC(=O)N(CC(=O)O)C1CCCN(C(=O)c2scnc2C)CC1. The van der Waals surface area contributed by atoms with Crippen LogP contribution in [0, 0.1) is 6.92 Å². The van der Waals surface area contributed by atoms with Crippen molar-refractivity contribution in [3.05, 3.63) is 16.1 Å². The molecule has 1 aliphatic heterocycles. The van der Waals surface area contributed by atoms with E-state index in [2.05, 4.69) is 4.98 Å². The van der Waals surface area contributed by atoms with Gasteiger partial charge in [-0.3, -0.25) is 14.4 Å². The largest absolute Gasteiger partial charge is 0.480 e. The number of aliphatic carboxylic acids is 1. The summed E-state index contributed by atoms with van der Waals surface area (Å²) in [5.41, 5.74) is 2.39. The van der Waals surface area contributed by atoms with Crippen LogP contribution in [-0.4, -0.2) is 63.4 Å². The van der Waals surface area contributed by atoms with Crippen LogP contribution in [0.5, 0.6) is 0 Å². The van der Waals surface area contributed by atoms with Crippen LogP contribution < -0.4 is 0 Å². The van der Waals surface area contributed by atoms with Gasteiger partial charge in [0.25, 0.3) is 5.91 Å². The van der Waals surface area contributed by atoms with Crippen molar-refractivity contribution in [1.29, 1.82) is 0 Å². The van der Waals surface area contributed by atoms with Gasteiger partial charge in [0.05, 0.1) is 11.2 Å². The van der Waals surface area contributed by atoms with Crippen LogP contribution in [0.15, 0.2) is 5.51 Å².